The maximum absolute atomic E-state index is 11.5. The summed E-state index contributed by atoms with van der Waals surface area (Å²) < 4.78 is 6.92. The summed E-state index contributed by atoms with van der Waals surface area (Å²) in [5.74, 6) is 0.887. The molecule has 0 atom stereocenters. The Morgan fingerprint density at radius 3 is 3.00 bits per heavy atom. The number of pyridine rings is 1. The molecule has 0 saturated heterocycles. The molecule has 17 heavy (non-hydrogen) atoms. The fraction of sp³-hybridized carbons (Fsp3) is 0.364. The van der Waals surface area contributed by atoms with Crippen LogP contribution in [0, 0.1) is 0 Å². The van der Waals surface area contributed by atoms with Crippen molar-refractivity contribution in [2.24, 2.45) is 7.05 Å². The number of nitrogens with one attached hydrogen (secondary N) is 1. The molecule has 2 heterocycles. The summed E-state index contributed by atoms with van der Waals surface area (Å²) in [4.78, 5) is 11.5. The average molecular weight is 234 g/mol. The molecule has 2 aromatic heterocycles. The fourth-order valence-electron chi connectivity index (χ4n) is 1.36. The molecular weight excluding hydrogens is 220 g/mol. The monoisotopic (exact) mass is 234 g/mol. The van der Waals surface area contributed by atoms with Crippen LogP contribution in [0.2, 0.25) is 0 Å². The number of hydrogen-bond acceptors (Lipinski definition) is 5. The standard InChI is InChI=1S/C11H14N4O2/c1-3-12-7-9-13-14-11(17-9)8-4-5-15(2)10(16)6-8/h4-6,12H,3,7H2,1-2H3. The quantitative estimate of drug-likeness (QED) is 0.836. The molecule has 0 aliphatic rings. The van der Waals surface area contributed by atoms with Crippen molar-refractivity contribution in [3.8, 4) is 11.5 Å². The van der Waals surface area contributed by atoms with Crippen molar-refractivity contribution in [1.29, 1.82) is 0 Å². The lowest BCUT2D eigenvalue weighted by molar-refractivity contribution is 0.482. The highest BCUT2D eigenvalue weighted by molar-refractivity contribution is 5.50. The molecule has 2 rings (SSSR count). The molecule has 0 radical (unpaired) electrons. The molecule has 6 nitrogen and oxygen atoms in total. The summed E-state index contributed by atoms with van der Waals surface area (Å²) in [6.45, 7) is 3.37. The zero-order valence-electron chi connectivity index (χ0n) is 9.80. The van der Waals surface area contributed by atoms with Crippen LogP contribution in [-0.4, -0.2) is 21.3 Å². The molecule has 0 bridgehead atoms. The Bertz CT molecular complexity index is 559. The van der Waals surface area contributed by atoms with Gasteiger partial charge in [0.05, 0.1) is 6.54 Å². The van der Waals surface area contributed by atoms with Gasteiger partial charge >= 0.3 is 0 Å². The van der Waals surface area contributed by atoms with Gasteiger partial charge < -0.3 is 14.3 Å². The van der Waals surface area contributed by atoms with Gasteiger partial charge in [-0.1, -0.05) is 6.92 Å². The van der Waals surface area contributed by atoms with E-state index in [4.69, 9.17) is 4.42 Å². The van der Waals surface area contributed by atoms with E-state index in [0.29, 0.717) is 23.9 Å². The third-order valence-corrected chi connectivity index (χ3v) is 2.34. The zero-order valence-corrected chi connectivity index (χ0v) is 9.80. The van der Waals surface area contributed by atoms with Crippen molar-refractivity contribution in [1.82, 2.24) is 20.1 Å². The highest BCUT2D eigenvalue weighted by Gasteiger charge is 2.08. The Balaban J connectivity index is 2.24. The largest absolute Gasteiger partial charge is 0.419 e. The van der Waals surface area contributed by atoms with E-state index in [9.17, 15) is 4.79 Å². The van der Waals surface area contributed by atoms with Gasteiger partial charge in [-0.2, -0.15) is 0 Å². The maximum Gasteiger partial charge on any atom is 0.251 e. The second-order valence-corrected chi connectivity index (χ2v) is 3.65. The molecule has 0 fully saturated rings. The molecule has 1 N–H and O–H groups in total. The fourth-order valence-corrected chi connectivity index (χ4v) is 1.36. The highest BCUT2D eigenvalue weighted by Crippen LogP contribution is 2.15. The van der Waals surface area contributed by atoms with Gasteiger partial charge in [0.15, 0.2) is 0 Å². The average Bonchev–Trinajstić information content (AvgIpc) is 2.79. The van der Waals surface area contributed by atoms with Gasteiger partial charge in [0.1, 0.15) is 0 Å². The molecule has 0 aliphatic heterocycles. The Hall–Kier alpha value is -1.95. The number of rotatable bonds is 4. The number of hydrogen-bond donors (Lipinski definition) is 1. The predicted molar refractivity (Wildman–Crippen MR) is 62.4 cm³/mol. The molecule has 0 aromatic carbocycles. The van der Waals surface area contributed by atoms with E-state index in [0.717, 1.165) is 6.54 Å². The minimum atomic E-state index is -0.103. The first-order valence-corrected chi connectivity index (χ1v) is 5.41. The molecule has 0 aliphatic carbocycles. The van der Waals surface area contributed by atoms with E-state index < -0.39 is 0 Å². The summed E-state index contributed by atoms with van der Waals surface area (Å²) in [6, 6.07) is 3.25. The van der Waals surface area contributed by atoms with E-state index in [2.05, 4.69) is 15.5 Å². The van der Waals surface area contributed by atoms with E-state index >= 15 is 0 Å². The summed E-state index contributed by atoms with van der Waals surface area (Å²) in [5, 5.41) is 10.9. The lowest BCUT2D eigenvalue weighted by atomic mass is 10.3. The van der Waals surface area contributed by atoms with Crippen LogP contribution < -0.4 is 10.9 Å². The SMILES string of the molecule is CCNCc1nnc(-c2ccn(C)c(=O)c2)o1. The summed E-state index contributed by atoms with van der Waals surface area (Å²) in [5.41, 5.74) is 0.539. The second kappa shape index (κ2) is 4.92. The number of nitrogens with zero attached hydrogens (tertiary/aromatic N) is 3. The van der Waals surface area contributed by atoms with Gasteiger partial charge in [0.25, 0.3) is 5.56 Å². The van der Waals surface area contributed by atoms with E-state index in [-0.39, 0.29) is 5.56 Å². The van der Waals surface area contributed by atoms with Crippen LogP contribution in [0.3, 0.4) is 0 Å². The van der Waals surface area contributed by atoms with Crippen molar-refractivity contribution in [3.63, 3.8) is 0 Å². The molecule has 6 heteroatoms. The van der Waals surface area contributed by atoms with E-state index in [1.165, 1.54) is 10.6 Å². The first-order valence-electron chi connectivity index (χ1n) is 5.41. The summed E-state index contributed by atoms with van der Waals surface area (Å²) >= 11 is 0. The Labute approximate surface area is 98.3 Å². The summed E-state index contributed by atoms with van der Waals surface area (Å²) in [6.07, 6.45) is 1.67. The smallest absolute Gasteiger partial charge is 0.251 e. The minimum absolute atomic E-state index is 0.103. The van der Waals surface area contributed by atoms with E-state index in [1.54, 1.807) is 19.3 Å². The molecule has 0 amide bonds. The van der Waals surface area contributed by atoms with Gasteiger partial charge in [0.2, 0.25) is 11.8 Å². The topological polar surface area (TPSA) is 73.0 Å². The van der Waals surface area contributed by atoms with Gasteiger partial charge in [-0.3, -0.25) is 4.79 Å². The van der Waals surface area contributed by atoms with Crippen LogP contribution in [0.5, 0.6) is 0 Å². The van der Waals surface area contributed by atoms with Gasteiger partial charge in [-0.15, -0.1) is 10.2 Å². The van der Waals surface area contributed by atoms with Crippen LogP contribution in [0.4, 0.5) is 0 Å². The normalized spacial score (nSPS) is 10.7. The Morgan fingerprint density at radius 2 is 2.29 bits per heavy atom. The van der Waals surface area contributed by atoms with Crippen LogP contribution in [0.25, 0.3) is 11.5 Å². The number of aromatic nitrogens is 3. The van der Waals surface area contributed by atoms with Gasteiger partial charge in [-0.25, -0.2) is 0 Å². The third kappa shape index (κ3) is 2.59. The van der Waals surface area contributed by atoms with Crippen LogP contribution in [-0.2, 0) is 13.6 Å². The molecule has 0 saturated carbocycles. The van der Waals surface area contributed by atoms with Crippen molar-refractivity contribution >= 4 is 0 Å². The van der Waals surface area contributed by atoms with Crippen molar-refractivity contribution < 1.29 is 4.42 Å². The lowest BCUT2D eigenvalue weighted by Gasteiger charge is -1.97. The van der Waals surface area contributed by atoms with Crippen LogP contribution in [0.1, 0.15) is 12.8 Å². The first kappa shape index (κ1) is 11.5. The van der Waals surface area contributed by atoms with Gasteiger partial charge in [-0.05, 0) is 12.6 Å². The van der Waals surface area contributed by atoms with E-state index in [1.807, 2.05) is 6.92 Å². The molecular formula is C11H14N4O2. The highest BCUT2D eigenvalue weighted by atomic mass is 16.4. The predicted octanol–water partition coefficient (Wildman–Crippen LogP) is 0.545. The summed E-state index contributed by atoms with van der Waals surface area (Å²) in [7, 11) is 1.69. The maximum atomic E-state index is 11.5. The Morgan fingerprint density at radius 1 is 1.47 bits per heavy atom. The molecule has 0 unspecified atom stereocenters. The van der Waals surface area contributed by atoms with Crippen molar-refractivity contribution in [2.75, 3.05) is 6.54 Å². The minimum Gasteiger partial charge on any atom is -0.419 e. The Kier molecular flexibility index (Phi) is 3.34. The molecule has 90 valence electrons. The zero-order chi connectivity index (χ0) is 12.3. The van der Waals surface area contributed by atoms with Gasteiger partial charge in [0, 0.05) is 24.9 Å². The third-order valence-electron chi connectivity index (χ3n) is 2.34. The number of aryl methyl sites for hydroxylation is 1. The van der Waals surface area contributed by atoms with Crippen molar-refractivity contribution in [3.05, 3.63) is 34.6 Å². The molecule has 0 spiro atoms. The molecule has 2 aromatic rings. The van der Waals surface area contributed by atoms with Crippen molar-refractivity contribution in [2.45, 2.75) is 13.5 Å². The van der Waals surface area contributed by atoms with Crippen LogP contribution in [0.15, 0.2) is 27.5 Å². The second-order valence-electron chi connectivity index (χ2n) is 3.65. The lowest BCUT2D eigenvalue weighted by Crippen LogP contribution is -2.14. The first-order chi connectivity index (χ1) is 8.20. The van der Waals surface area contributed by atoms with Crippen LogP contribution >= 0.6 is 0 Å².